The standard InChI is InChI=1S/C24H34O5.Li.H/c1-23-10-9-20-18(19(23)6-7-21(23)27)5-3-14-11-17(26)13-15(24(14,20)2)12-16(25)4-8-22(28)29;;/h11,15,18-21,27H,3-10,12-13H2,1-2H3,(H,28,29);;/t15?,18-,19-,20+,21?,23-,24+;;/m0../s1. The average Bonchev–Trinajstić information content (AvgIpc) is 2.96. The third-order valence-electron chi connectivity index (χ3n) is 9.32. The van der Waals surface area contributed by atoms with Crippen LogP contribution in [0.15, 0.2) is 11.6 Å². The Balaban J connectivity index is 0.00000256. The van der Waals surface area contributed by atoms with Gasteiger partial charge in [0, 0.05) is 19.3 Å². The van der Waals surface area contributed by atoms with Crippen LogP contribution < -0.4 is 0 Å². The molecule has 30 heavy (non-hydrogen) atoms. The summed E-state index contributed by atoms with van der Waals surface area (Å²) in [4.78, 5) is 35.8. The number of Topliss-reactive ketones (excluding diaryl/α,β-unsaturated/α-hetero) is 1. The van der Waals surface area contributed by atoms with Crippen molar-refractivity contribution in [2.75, 3.05) is 0 Å². The van der Waals surface area contributed by atoms with Crippen LogP contribution in [0.4, 0.5) is 0 Å². The minimum absolute atomic E-state index is 0. The Bertz CT molecular complexity index is 761. The van der Waals surface area contributed by atoms with Crippen molar-refractivity contribution in [1.82, 2.24) is 0 Å². The summed E-state index contributed by atoms with van der Waals surface area (Å²) in [7, 11) is 0. The zero-order chi connectivity index (χ0) is 21.0. The molecular weight excluding hydrogens is 375 g/mol. The van der Waals surface area contributed by atoms with E-state index in [4.69, 9.17) is 5.11 Å². The van der Waals surface area contributed by atoms with Gasteiger partial charge in [-0.15, -0.1) is 0 Å². The van der Waals surface area contributed by atoms with Crippen molar-refractivity contribution in [2.45, 2.75) is 84.2 Å². The van der Waals surface area contributed by atoms with E-state index in [2.05, 4.69) is 13.8 Å². The van der Waals surface area contributed by atoms with E-state index < -0.39 is 5.97 Å². The van der Waals surface area contributed by atoms with E-state index in [0.717, 1.165) is 38.5 Å². The zero-order valence-corrected chi connectivity index (χ0v) is 17.7. The number of rotatable bonds is 5. The van der Waals surface area contributed by atoms with Crippen molar-refractivity contribution in [3.05, 3.63) is 11.6 Å². The molecule has 0 aromatic carbocycles. The van der Waals surface area contributed by atoms with Gasteiger partial charge in [-0.1, -0.05) is 19.4 Å². The normalized spacial score (nSPS) is 42.3. The van der Waals surface area contributed by atoms with Gasteiger partial charge >= 0.3 is 24.8 Å². The molecule has 162 valence electrons. The van der Waals surface area contributed by atoms with Crippen molar-refractivity contribution in [1.29, 1.82) is 0 Å². The first-order valence-electron chi connectivity index (χ1n) is 11.3. The van der Waals surface area contributed by atoms with E-state index >= 15 is 0 Å². The van der Waals surface area contributed by atoms with E-state index in [1.165, 1.54) is 5.57 Å². The van der Waals surface area contributed by atoms with Gasteiger partial charge in [0.2, 0.25) is 0 Å². The van der Waals surface area contributed by atoms with E-state index in [1.54, 1.807) is 0 Å². The van der Waals surface area contributed by atoms with Gasteiger partial charge in [0.25, 0.3) is 0 Å². The van der Waals surface area contributed by atoms with Crippen LogP contribution in [0.3, 0.4) is 0 Å². The molecule has 4 rings (SSSR count). The number of allylic oxidation sites excluding steroid dienone is 1. The van der Waals surface area contributed by atoms with Crippen LogP contribution in [0, 0.1) is 34.5 Å². The maximum absolute atomic E-state index is 12.5. The zero-order valence-electron chi connectivity index (χ0n) is 17.7. The Morgan fingerprint density at radius 3 is 2.53 bits per heavy atom. The second kappa shape index (κ2) is 8.56. The summed E-state index contributed by atoms with van der Waals surface area (Å²) in [5.41, 5.74) is 1.06. The Hall–Kier alpha value is -0.893. The first-order chi connectivity index (χ1) is 13.7. The Labute approximate surface area is 191 Å². The molecular formula is C24H35LiO5. The molecule has 0 heterocycles. The number of carboxylic acids is 1. The molecule has 3 saturated carbocycles. The number of carbonyl (C=O) groups is 3. The fraction of sp³-hybridized carbons (Fsp3) is 0.792. The van der Waals surface area contributed by atoms with E-state index in [1.807, 2.05) is 6.08 Å². The summed E-state index contributed by atoms with van der Waals surface area (Å²) >= 11 is 0. The fourth-order valence-corrected chi connectivity index (χ4v) is 7.64. The maximum atomic E-state index is 12.5. The fourth-order valence-electron chi connectivity index (χ4n) is 7.64. The van der Waals surface area contributed by atoms with E-state index in [0.29, 0.717) is 30.6 Å². The molecule has 7 atom stereocenters. The van der Waals surface area contributed by atoms with Gasteiger partial charge in [0.1, 0.15) is 5.78 Å². The Kier molecular flexibility index (Phi) is 6.78. The van der Waals surface area contributed by atoms with Crippen molar-refractivity contribution < 1.29 is 24.6 Å². The number of ketones is 2. The summed E-state index contributed by atoms with van der Waals surface area (Å²) in [5.74, 6) is 0.606. The first-order valence-corrected chi connectivity index (χ1v) is 11.3. The molecule has 2 unspecified atom stereocenters. The minimum atomic E-state index is -0.950. The van der Waals surface area contributed by atoms with Gasteiger partial charge in [-0.3, -0.25) is 14.4 Å². The molecule has 0 bridgehead atoms. The van der Waals surface area contributed by atoms with E-state index in [9.17, 15) is 19.5 Å². The number of aliphatic carboxylic acids is 1. The number of hydrogen-bond acceptors (Lipinski definition) is 4. The number of fused-ring (bicyclic) bond motifs is 5. The average molecular weight is 410 g/mol. The van der Waals surface area contributed by atoms with Crippen molar-refractivity contribution >= 4 is 36.4 Å². The predicted molar refractivity (Wildman–Crippen MR) is 115 cm³/mol. The number of aliphatic hydroxyl groups excluding tert-OH is 1. The third-order valence-corrected chi connectivity index (χ3v) is 9.32. The summed E-state index contributed by atoms with van der Waals surface area (Å²) in [6.07, 6.45) is 8.26. The molecule has 0 spiro atoms. The topological polar surface area (TPSA) is 91.7 Å². The SMILES string of the molecule is C[C@]12CC[C@@H]3[C@@H](CCC4=CC(=O)CC(CC(=O)CCC(=O)O)[C@@]43C)[C@@H]1CCC2O.[LiH]. The Morgan fingerprint density at radius 1 is 1.10 bits per heavy atom. The second-order valence-electron chi connectivity index (χ2n) is 10.5. The molecule has 0 aromatic rings. The predicted octanol–water partition coefficient (Wildman–Crippen LogP) is 3.28. The Morgan fingerprint density at radius 2 is 1.83 bits per heavy atom. The second-order valence-corrected chi connectivity index (χ2v) is 10.5. The molecule has 6 heteroatoms. The monoisotopic (exact) mass is 410 g/mol. The summed E-state index contributed by atoms with van der Waals surface area (Å²) in [6, 6.07) is 0. The molecule has 0 saturated heterocycles. The molecule has 4 aliphatic rings. The van der Waals surface area contributed by atoms with Crippen LogP contribution in [0.5, 0.6) is 0 Å². The van der Waals surface area contributed by atoms with Crippen molar-refractivity contribution in [3.63, 3.8) is 0 Å². The summed E-state index contributed by atoms with van der Waals surface area (Å²) < 4.78 is 0. The number of carboxylic acid groups (broad SMARTS) is 1. The molecule has 0 radical (unpaired) electrons. The molecule has 4 aliphatic carbocycles. The van der Waals surface area contributed by atoms with Crippen LogP contribution in [0.1, 0.15) is 78.1 Å². The summed E-state index contributed by atoms with van der Waals surface area (Å²) in [5, 5.41) is 19.5. The van der Waals surface area contributed by atoms with E-state index in [-0.39, 0.29) is 66.1 Å². The van der Waals surface area contributed by atoms with Gasteiger partial charge in [0.05, 0.1) is 12.5 Å². The third kappa shape index (κ3) is 3.76. The van der Waals surface area contributed by atoms with Crippen molar-refractivity contribution in [2.24, 2.45) is 34.5 Å². The number of carbonyl (C=O) groups excluding carboxylic acids is 2. The van der Waals surface area contributed by atoms with Gasteiger partial charge < -0.3 is 10.2 Å². The molecule has 2 N–H and O–H groups in total. The van der Waals surface area contributed by atoms with Gasteiger partial charge in [-0.05, 0) is 79.1 Å². The molecule has 0 amide bonds. The molecule has 3 fully saturated rings. The van der Waals surface area contributed by atoms with Crippen LogP contribution in [0.25, 0.3) is 0 Å². The van der Waals surface area contributed by atoms with Crippen LogP contribution in [0.2, 0.25) is 0 Å². The van der Waals surface area contributed by atoms with Crippen LogP contribution in [-0.4, -0.2) is 52.7 Å². The number of aliphatic hydroxyl groups is 1. The van der Waals surface area contributed by atoms with Crippen LogP contribution >= 0.6 is 0 Å². The summed E-state index contributed by atoms with van der Waals surface area (Å²) in [6.45, 7) is 4.53. The van der Waals surface area contributed by atoms with Crippen molar-refractivity contribution in [3.8, 4) is 0 Å². The van der Waals surface area contributed by atoms with Gasteiger partial charge in [-0.25, -0.2) is 0 Å². The van der Waals surface area contributed by atoms with Gasteiger partial charge in [-0.2, -0.15) is 0 Å². The molecule has 0 aromatic heterocycles. The van der Waals surface area contributed by atoms with Gasteiger partial charge in [0.15, 0.2) is 5.78 Å². The quantitative estimate of drug-likeness (QED) is 0.679. The molecule has 0 aliphatic heterocycles. The number of hydrogen-bond donors (Lipinski definition) is 2. The molecule has 5 nitrogen and oxygen atoms in total. The first kappa shape index (κ1) is 23.8. The van der Waals surface area contributed by atoms with Crippen LogP contribution in [-0.2, 0) is 14.4 Å².